The maximum atomic E-state index is 5.47. The summed E-state index contributed by atoms with van der Waals surface area (Å²) in [7, 11) is 1.66. The number of rotatable bonds is 4. The molecule has 1 heterocycles. The molecule has 1 aliphatic heterocycles. The van der Waals surface area contributed by atoms with Crippen LogP contribution < -0.4 is 10.1 Å². The van der Waals surface area contributed by atoms with E-state index in [-0.39, 0.29) is 6.29 Å². The third-order valence-corrected chi connectivity index (χ3v) is 3.18. The molecular weight excluding hydrogens is 254 g/mol. The van der Waals surface area contributed by atoms with E-state index in [4.69, 9.17) is 14.2 Å². The van der Waals surface area contributed by atoms with Crippen LogP contribution in [-0.2, 0) is 9.47 Å². The van der Waals surface area contributed by atoms with Crippen molar-refractivity contribution in [1.29, 1.82) is 0 Å². The van der Waals surface area contributed by atoms with Crippen molar-refractivity contribution in [2.24, 2.45) is 0 Å². The van der Waals surface area contributed by atoms with Gasteiger partial charge in [0.2, 0.25) is 0 Å². The van der Waals surface area contributed by atoms with Crippen molar-refractivity contribution < 1.29 is 14.2 Å². The Balaban J connectivity index is 1.67. The third kappa shape index (κ3) is 2.92. The zero-order chi connectivity index (χ0) is 13.8. The van der Waals surface area contributed by atoms with Gasteiger partial charge in [0.25, 0.3) is 0 Å². The van der Waals surface area contributed by atoms with Crippen LogP contribution >= 0.6 is 0 Å². The Labute approximate surface area is 118 Å². The number of hydrogen-bond donors (Lipinski definition) is 1. The third-order valence-electron chi connectivity index (χ3n) is 3.18. The van der Waals surface area contributed by atoms with E-state index in [1.165, 1.54) is 0 Å². The van der Waals surface area contributed by atoms with Gasteiger partial charge in [0.1, 0.15) is 5.75 Å². The molecule has 0 aromatic heterocycles. The zero-order valence-electron chi connectivity index (χ0n) is 11.3. The van der Waals surface area contributed by atoms with Gasteiger partial charge in [-0.1, -0.05) is 12.1 Å². The van der Waals surface area contributed by atoms with Crippen molar-refractivity contribution in [3.63, 3.8) is 0 Å². The smallest absolute Gasteiger partial charge is 0.184 e. The van der Waals surface area contributed by atoms with Crippen LogP contribution in [-0.4, -0.2) is 20.3 Å². The van der Waals surface area contributed by atoms with Crippen LogP contribution in [0.5, 0.6) is 5.75 Å². The van der Waals surface area contributed by atoms with Gasteiger partial charge in [0.15, 0.2) is 6.29 Å². The normalized spacial score (nSPS) is 15.2. The van der Waals surface area contributed by atoms with E-state index in [2.05, 4.69) is 5.32 Å². The molecule has 1 aliphatic rings. The molecule has 1 fully saturated rings. The van der Waals surface area contributed by atoms with E-state index < -0.39 is 0 Å². The van der Waals surface area contributed by atoms with Crippen LogP contribution in [0.4, 0.5) is 11.4 Å². The van der Waals surface area contributed by atoms with E-state index in [1.807, 2.05) is 48.5 Å². The molecule has 4 heteroatoms. The Morgan fingerprint density at radius 2 is 1.45 bits per heavy atom. The number of nitrogens with one attached hydrogen (secondary N) is 1. The second-order valence-corrected chi connectivity index (χ2v) is 4.55. The lowest BCUT2D eigenvalue weighted by Gasteiger charge is -2.11. The number of methoxy groups -OCH3 is 1. The maximum absolute atomic E-state index is 5.47. The quantitative estimate of drug-likeness (QED) is 0.924. The van der Waals surface area contributed by atoms with Crippen molar-refractivity contribution >= 4 is 11.4 Å². The van der Waals surface area contributed by atoms with Gasteiger partial charge in [-0.3, -0.25) is 0 Å². The van der Waals surface area contributed by atoms with Crippen molar-refractivity contribution in [2.75, 3.05) is 25.6 Å². The Bertz CT molecular complexity index is 545. The predicted octanol–water partition coefficient (Wildman–Crippen LogP) is 3.48. The molecule has 2 aromatic carbocycles. The number of benzene rings is 2. The Hall–Kier alpha value is -2.04. The van der Waals surface area contributed by atoms with Gasteiger partial charge in [-0.25, -0.2) is 0 Å². The molecule has 20 heavy (non-hydrogen) atoms. The first-order chi connectivity index (χ1) is 9.85. The molecule has 2 aromatic rings. The first-order valence-electron chi connectivity index (χ1n) is 6.59. The zero-order valence-corrected chi connectivity index (χ0v) is 11.3. The first-order valence-corrected chi connectivity index (χ1v) is 6.59. The first kappa shape index (κ1) is 13.0. The standard InChI is InChI=1S/C16H17NO3/c1-18-15-8-6-14(7-9-15)17-13-4-2-12(3-5-13)16-19-10-11-20-16/h2-9,16-17H,10-11H2,1H3. The van der Waals surface area contributed by atoms with Gasteiger partial charge in [0.05, 0.1) is 20.3 Å². The molecular formula is C16H17NO3. The van der Waals surface area contributed by atoms with Crippen LogP contribution in [0.2, 0.25) is 0 Å². The van der Waals surface area contributed by atoms with E-state index in [0.717, 1.165) is 22.7 Å². The molecule has 0 atom stereocenters. The minimum atomic E-state index is -0.218. The summed E-state index contributed by atoms with van der Waals surface area (Å²) in [5.74, 6) is 0.849. The van der Waals surface area contributed by atoms with E-state index >= 15 is 0 Å². The maximum Gasteiger partial charge on any atom is 0.184 e. The molecule has 104 valence electrons. The van der Waals surface area contributed by atoms with Crippen LogP contribution in [0.3, 0.4) is 0 Å². The van der Waals surface area contributed by atoms with Gasteiger partial charge in [-0.2, -0.15) is 0 Å². The fourth-order valence-electron chi connectivity index (χ4n) is 2.12. The highest BCUT2D eigenvalue weighted by atomic mass is 16.7. The molecule has 0 bridgehead atoms. The lowest BCUT2D eigenvalue weighted by molar-refractivity contribution is -0.0441. The molecule has 0 aliphatic carbocycles. The summed E-state index contributed by atoms with van der Waals surface area (Å²) in [6, 6.07) is 15.9. The Morgan fingerprint density at radius 3 is 2.00 bits per heavy atom. The second kappa shape index (κ2) is 5.94. The van der Waals surface area contributed by atoms with Gasteiger partial charge < -0.3 is 19.5 Å². The molecule has 1 N–H and O–H groups in total. The van der Waals surface area contributed by atoms with Crippen LogP contribution in [0.1, 0.15) is 11.9 Å². The van der Waals surface area contributed by atoms with Gasteiger partial charge >= 0.3 is 0 Å². The van der Waals surface area contributed by atoms with Crippen LogP contribution in [0, 0.1) is 0 Å². The fourth-order valence-corrected chi connectivity index (χ4v) is 2.12. The summed E-state index contributed by atoms with van der Waals surface area (Å²) < 4.78 is 16.1. The average Bonchev–Trinajstić information content (AvgIpc) is 3.03. The summed E-state index contributed by atoms with van der Waals surface area (Å²) >= 11 is 0. The number of anilines is 2. The molecule has 0 amide bonds. The second-order valence-electron chi connectivity index (χ2n) is 4.55. The van der Waals surface area contributed by atoms with Crippen LogP contribution in [0.25, 0.3) is 0 Å². The molecule has 0 saturated carbocycles. The van der Waals surface area contributed by atoms with Gasteiger partial charge in [-0.15, -0.1) is 0 Å². The SMILES string of the molecule is COc1ccc(Nc2ccc(C3OCCO3)cc2)cc1. The molecule has 1 saturated heterocycles. The minimum Gasteiger partial charge on any atom is -0.497 e. The predicted molar refractivity (Wildman–Crippen MR) is 77.4 cm³/mol. The highest BCUT2D eigenvalue weighted by molar-refractivity contribution is 5.60. The summed E-state index contributed by atoms with van der Waals surface area (Å²) in [5, 5.41) is 3.34. The molecule has 0 unspecified atom stereocenters. The van der Waals surface area contributed by atoms with Gasteiger partial charge in [0, 0.05) is 16.9 Å². The van der Waals surface area contributed by atoms with Crippen molar-refractivity contribution in [2.45, 2.75) is 6.29 Å². The Kier molecular flexibility index (Phi) is 3.85. The van der Waals surface area contributed by atoms with E-state index in [9.17, 15) is 0 Å². The highest BCUT2D eigenvalue weighted by Crippen LogP contribution is 2.26. The molecule has 0 radical (unpaired) electrons. The lowest BCUT2D eigenvalue weighted by atomic mass is 10.2. The Morgan fingerprint density at radius 1 is 0.900 bits per heavy atom. The summed E-state index contributed by atoms with van der Waals surface area (Å²) in [6.07, 6.45) is -0.218. The van der Waals surface area contributed by atoms with Crippen LogP contribution in [0.15, 0.2) is 48.5 Å². The van der Waals surface area contributed by atoms with Crippen molar-refractivity contribution in [3.05, 3.63) is 54.1 Å². The topological polar surface area (TPSA) is 39.7 Å². The van der Waals surface area contributed by atoms with Crippen molar-refractivity contribution in [3.8, 4) is 5.75 Å². The molecule has 4 nitrogen and oxygen atoms in total. The lowest BCUT2D eigenvalue weighted by Crippen LogP contribution is -1.98. The monoisotopic (exact) mass is 271 g/mol. The van der Waals surface area contributed by atoms with Gasteiger partial charge in [-0.05, 0) is 36.4 Å². The summed E-state index contributed by atoms with van der Waals surface area (Å²) in [5.41, 5.74) is 3.09. The van der Waals surface area contributed by atoms with Crippen molar-refractivity contribution in [1.82, 2.24) is 0 Å². The van der Waals surface area contributed by atoms with E-state index in [0.29, 0.717) is 13.2 Å². The number of ether oxygens (including phenoxy) is 3. The highest BCUT2D eigenvalue weighted by Gasteiger charge is 2.17. The molecule has 3 rings (SSSR count). The minimum absolute atomic E-state index is 0.218. The average molecular weight is 271 g/mol. The number of hydrogen-bond acceptors (Lipinski definition) is 4. The fraction of sp³-hybridized carbons (Fsp3) is 0.250. The molecule has 0 spiro atoms. The summed E-state index contributed by atoms with van der Waals surface area (Å²) in [4.78, 5) is 0. The largest absolute Gasteiger partial charge is 0.497 e. The summed E-state index contributed by atoms with van der Waals surface area (Å²) in [6.45, 7) is 1.33. The van der Waals surface area contributed by atoms with E-state index in [1.54, 1.807) is 7.11 Å².